The van der Waals surface area contributed by atoms with Crippen LogP contribution in [0, 0.1) is 0 Å². The molecular weight excluding hydrogens is 412 g/mol. The van der Waals surface area contributed by atoms with Crippen molar-refractivity contribution in [3.8, 4) is 5.75 Å². The molecule has 0 bridgehead atoms. The number of hydrogen-bond donors (Lipinski definition) is 3. The summed E-state index contributed by atoms with van der Waals surface area (Å²) in [5.74, 6) is 0.159. The van der Waals surface area contributed by atoms with Crippen molar-refractivity contribution in [3.63, 3.8) is 0 Å². The van der Waals surface area contributed by atoms with Crippen LogP contribution in [0.4, 0.5) is 0 Å². The van der Waals surface area contributed by atoms with E-state index in [0.29, 0.717) is 31.6 Å². The van der Waals surface area contributed by atoms with Crippen LogP contribution in [0.25, 0.3) is 6.08 Å². The van der Waals surface area contributed by atoms with Crippen LogP contribution < -0.4 is 5.32 Å². The van der Waals surface area contributed by atoms with E-state index in [9.17, 15) is 15.0 Å². The van der Waals surface area contributed by atoms with Gasteiger partial charge in [0.1, 0.15) is 5.75 Å². The highest BCUT2D eigenvalue weighted by Gasteiger charge is 2.27. The van der Waals surface area contributed by atoms with E-state index in [1.165, 1.54) is 0 Å². The minimum Gasteiger partial charge on any atom is -0.508 e. The molecule has 3 N–H and O–H groups in total. The molecule has 0 spiro atoms. The Labute approximate surface area is 195 Å². The number of aliphatic hydroxyl groups excluding tert-OH is 1. The van der Waals surface area contributed by atoms with E-state index in [1.807, 2.05) is 60.7 Å². The van der Waals surface area contributed by atoms with Crippen molar-refractivity contribution < 1.29 is 15.0 Å². The standard InChI is InChI=1S/C28H30N2O3/c31-20-25-16-22-13-14-26(32)17-24(22)19-30(25)18-23-11-4-5-12-27(23)28(33)29-15-7-6-10-21-8-2-1-3-9-21/h1-6,8-14,17,25,31-32H,7,15-16,18-20H2,(H,29,33)/b10-6+. The number of hydrogen-bond acceptors (Lipinski definition) is 4. The number of benzene rings is 3. The summed E-state index contributed by atoms with van der Waals surface area (Å²) in [6.07, 6.45) is 5.59. The molecule has 0 aliphatic carbocycles. The molecule has 1 heterocycles. The molecule has 1 unspecified atom stereocenters. The first-order chi connectivity index (χ1) is 16.1. The quantitative estimate of drug-likeness (QED) is 0.459. The second-order valence-electron chi connectivity index (χ2n) is 8.41. The van der Waals surface area contributed by atoms with E-state index >= 15 is 0 Å². The minimum atomic E-state index is -0.0886. The first kappa shape index (κ1) is 22.8. The van der Waals surface area contributed by atoms with Crippen molar-refractivity contribution in [3.05, 3.63) is 107 Å². The van der Waals surface area contributed by atoms with Crippen molar-refractivity contribution in [1.82, 2.24) is 10.2 Å². The number of fused-ring (bicyclic) bond motifs is 1. The van der Waals surface area contributed by atoms with E-state index in [1.54, 1.807) is 12.1 Å². The number of carbonyl (C=O) groups excluding carboxylic acids is 1. The van der Waals surface area contributed by atoms with Crippen LogP contribution in [0.3, 0.4) is 0 Å². The van der Waals surface area contributed by atoms with Gasteiger partial charge in [-0.3, -0.25) is 9.69 Å². The molecule has 0 aromatic heterocycles. The van der Waals surface area contributed by atoms with Gasteiger partial charge in [0.05, 0.1) is 6.61 Å². The summed E-state index contributed by atoms with van der Waals surface area (Å²) in [5, 5.41) is 22.9. The number of carbonyl (C=O) groups is 1. The predicted octanol–water partition coefficient (Wildman–Crippen LogP) is 4.14. The van der Waals surface area contributed by atoms with E-state index in [0.717, 1.165) is 28.7 Å². The highest BCUT2D eigenvalue weighted by Crippen LogP contribution is 2.28. The highest BCUT2D eigenvalue weighted by molar-refractivity contribution is 5.95. The first-order valence-electron chi connectivity index (χ1n) is 11.4. The second-order valence-corrected chi connectivity index (χ2v) is 8.41. The Morgan fingerprint density at radius 1 is 1.03 bits per heavy atom. The predicted molar refractivity (Wildman–Crippen MR) is 131 cm³/mol. The number of nitrogens with one attached hydrogen (secondary N) is 1. The van der Waals surface area contributed by atoms with Gasteiger partial charge >= 0.3 is 0 Å². The van der Waals surface area contributed by atoms with Crippen LogP contribution in [0.15, 0.2) is 78.9 Å². The van der Waals surface area contributed by atoms with Crippen molar-refractivity contribution in [2.75, 3.05) is 13.2 Å². The minimum absolute atomic E-state index is 0.0266. The second kappa shape index (κ2) is 10.9. The zero-order chi connectivity index (χ0) is 23.0. The number of nitrogens with zero attached hydrogens (tertiary/aromatic N) is 1. The van der Waals surface area contributed by atoms with Crippen molar-refractivity contribution >= 4 is 12.0 Å². The van der Waals surface area contributed by atoms with E-state index in [-0.39, 0.29) is 24.3 Å². The summed E-state index contributed by atoms with van der Waals surface area (Å²) in [6, 6.07) is 23.1. The Bertz CT molecular complexity index is 1110. The topological polar surface area (TPSA) is 72.8 Å². The van der Waals surface area contributed by atoms with Gasteiger partial charge < -0.3 is 15.5 Å². The first-order valence-corrected chi connectivity index (χ1v) is 11.4. The molecule has 3 aromatic carbocycles. The third-order valence-corrected chi connectivity index (χ3v) is 6.09. The van der Waals surface area contributed by atoms with Crippen molar-refractivity contribution in [2.45, 2.75) is 32.0 Å². The number of aliphatic hydroxyl groups is 1. The van der Waals surface area contributed by atoms with Crippen LogP contribution >= 0.6 is 0 Å². The van der Waals surface area contributed by atoms with Gasteiger partial charge in [-0.15, -0.1) is 0 Å². The van der Waals surface area contributed by atoms with Crippen LogP contribution in [-0.4, -0.2) is 40.2 Å². The Balaban J connectivity index is 1.39. The van der Waals surface area contributed by atoms with Crippen molar-refractivity contribution in [1.29, 1.82) is 0 Å². The van der Waals surface area contributed by atoms with Crippen LogP contribution in [0.1, 0.15) is 39.0 Å². The average Bonchev–Trinajstić information content (AvgIpc) is 2.84. The van der Waals surface area contributed by atoms with E-state index < -0.39 is 0 Å². The van der Waals surface area contributed by atoms with Gasteiger partial charge in [0, 0.05) is 31.2 Å². The van der Waals surface area contributed by atoms with Crippen molar-refractivity contribution in [2.24, 2.45) is 0 Å². The smallest absolute Gasteiger partial charge is 0.251 e. The summed E-state index contributed by atoms with van der Waals surface area (Å²) in [5.41, 5.74) is 4.94. The third kappa shape index (κ3) is 5.89. The maximum atomic E-state index is 12.9. The summed E-state index contributed by atoms with van der Waals surface area (Å²) in [6.45, 7) is 1.78. The van der Waals surface area contributed by atoms with E-state index in [4.69, 9.17) is 0 Å². The SMILES string of the molecule is O=C(NCC/C=C/c1ccccc1)c1ccccc1CN1Cc2cc(O)ccc2CC1CO. The third-order valence-electron chi connectivity index (χ3n) is 6.09. The maximum Gasteiger partial charge on any atom is 0.251 e. The van der Waals surface area contributed by atoms with Gasteiger partial charge in [-0.2, -0.15) is 0 Å². The molecule has 3 aromatic rings. The number of phenolic OH excluding ortho intramolecular Hbond substituents is 1. The van der Waals surface area contributed by atoms with Gasteiger partial charge in [0.2, 0.25) is 0 Å². The molecule has 0 saturated heterocycles. The fraction of sp³-hybridized carbons (Fsp3) is 0.250. The van der Waals surface area contributed by atoms with Gasteiger partial charge in [-0.1, -0.05) is 66.7 Å². The molecule has 0 fully saturated rings. The largest absolute Gasteiger partial charge is 0.508 e. The van der Waals surface area contributed by atoms with E-state index in [2.05, 4.69) is 22.4 Å². The summed E-state index contributed by atoms with van der Waals surface area (Å²) in [7, 11) is 0. The zero-order valence-electron chi connectivity index (χ0n) is 18.7. The molecule has 0 radical (unpaired) electrons. The fourth-order valence-corrected chi connectivity index (χ4v) is 4.30. The number of rotatable bonds is 8. The molecule has 4 rings (SSSR count). The lowest BCUT2D eigenvalue weighted by Crippen LogP contribution is -2.42. The molecule has 1 amide bonds. The Morgan fingerprint density at radius 3 is 2.64 bits per heavy atom. The average molecular weight is 443 g/mol. The summed E-state index contributed by atoms with van der Waals surface area (Å²) in [4.78, 5) is 15.1. The van der Waals surface area contributed by atoms with Gasteiger partial charge in [-0.25, -0.2) is 0 Å². The lowest BCUT2D eigenvalue weighted by Gasteiger charge is -2.36. The number of aromatic hydroxyl groups is 1. The maximum absolute atomic E-state index is 12.9. The summed E-state index contributed by atoms with van der Waals surface area (Å²) < 4.78 is 0. The molecule has 5 heteroatoms. The molecule has 5 nitrogen and oxygen atoms in total. The number of amides is 1. The van der Waals surface area contributed by atoms with Crippen LogP contribution in [-0.2, 0) is 19.5 Å². The molecular formula is C28H30N2O3. The molecule has 1 atom stereocenters. The monoisotopic (exact) mass is 442 g/mol. The normalized spacial score (nSPS) is 16.0. The lowest BCUT2D eigenvalue weighted by molar-refractivity contribution is 0.0931. The lowest BCUT2D eigenvalue weighted by atomic mass is 9.93. The fourth-order valence-electron chi connectivity index (χ4n) is 4.30. The van der Waals surface area contributed by atoms with Gasteiger partial charge in [0.25, 0.3) is 5.91 Å². The van der Waals surface area contributed by atoms with Crippen LogP contribution in [0.2, 0.25) is 0 Å². The Kier molecular flexibility index (Phi) is 7.55. The number of phenols is 1. The summed E-state index contributed by atoms with van der Waals surface area (Å²) >= 11 is 0. The Morgan fingerprint density at radius 2 is 1.82 bits per heavy atom. The molecule has 0 saturated carbocycles. The zero-order valence-corrected chi connectivity index (χ0v) is 18.7. The molecule has 33 heavy (non-hydrogen) atoms. The molecule has 170 valence electrons. The molecule has 1 aliphatic heterocycles. The molecule has 1 aliphatic rings. The van der Waals surface area contributed by atoms with Gasteiger partial charge in [0.15, 0.2) is 0 Å². The highest BCUT2D eigenvalue weighted by atomic mass is 16.3. The van der Waals surface area contributed by atoms with Gasteiger partial charge in [-0.05, 0) is 53.3 Å². The van der Waals surface area contributed by atoms with Crippen LogP contribution in [0.5, 0.6) is 5.75 Å². The Hall–Kier alpha value is -3.41.